The standard InChI is InChI=1S/C16H25ClN2O2/c1-11(2)8-10-19-16(20)12(3)21-15-6-4-5-14(17)13(15)7-9-18/h4-6,11-12H,7-10,18H2,1-3H3,(H,19,20). The van der Waals surface area contributed by atoms with Crippen molar-refractivity contribution in [1.29, 1.82) is 0 Å². The van der Waals surface area contributed by atoms with Crippen LogP contribution in [0.5, 0.6) is 5.75 Å². The number of nitrogens with one attached hydrogen (secondary N) is 1. The van der Waals surface area contributed by atoms with Crippen molar-refractivity contribution in [3.63, 3.8) is 0 Å². The Morgan fingerprint density at radius 3 is 2.71 bits per heavy atom. The van der Waals surface area contributed by atoms with Crippen molar-refractivity contribution in [2.75, 3.05) is 13.1 Å². The minimum atomic E-state index is -0.563. The molecule has 4 nitrogen and oxygen atoms in total. The third-order valence-electron chi connectivity index (χ3n) is 3.16. The van der Waals surface area contributed by atoms with Gasteiger partial charge in [-0.05, 0) is 44.4 Å². The van der Waals surface area contributed by atoms with E-state index in [4.69, 9.17) is 22.1 Å². The molecule has 0 spiro atoms. The van der Waals surface area contributed by atoms with Gasteiger partial charge in [0.2, 0.25) is 0 Å². The monoisotopic (exact) mass is 312 g/mol. The molecule has 0 aliphatic carbocycles. The summed E-state index contributed by atoms with van der Waals surface area (Å²) in [4.78, 5) is 12.0. The number of carbonyl (C=O) groups is 1. The average molecular weight is 313 g/mol. The van der Waals surface area contributed by atoms with E-state index < -0.39 is 6.10 Å². The van der Waals surface area contributed by atoms with Crippen LogP contribution in [0.4, 0.5) is 0 Å². The lowest BCUT2D eigenvalue weighted by Crippen LogP contribution is -2.37. The maximum absolute atomic E-state index is 12.0. The van der Waals surface area contributed by atoms with Crippen molar-refractivity contribution in [2.45, 2.75) is 39.7 Å². The zero-order valence-electron chi connectivity index (χ0n) is 13.0. The number of rotatable bonds is 8. The number of benzene rings is 1. The highest BCUT2D eigenvalue weighted by atomic mass is 35.5. The summed E-state index contributed by atoms with van der Waals surface area (Å²) >= 11 is 6.15. The molecule has 1 aromatic rings. The molecule has 0 bridgehead atoms. The second-order valence-electron chi connectivity index (χ2n) is 5.49. The highest BCUT2D eigenvalue weighted by Gasteiger charge is 2.17. The van der Waals surface area contributed by atoms with Crippen LogP contribution in [-0.2, 0) is 11.2 Å². The van der Waals surface area contributed by atoms with Crippen molar-refractivity contribution in [2.24, 2.45) is 11.7 Å². The molecule has 3 N–H and O–H groups in total. The number of hydrogen-bond acceptors (Lipinski definition) is 3. The van der Waals surface area contributed by atoms with E-state index in [0.717, 1.165) is 12.0 Å². The molecule has 118 valence electrons. The molecule has 1 amide bonds. The fraction of sp³-hybridized carbons (Fsp3) is 0.562. The Bertz CT molecular complexity index is 464. The summed E-state index contributed by atoms with van der Waals surface area (Å²) in [6, 6.07) is 5.42. The Hall–Kier alpha value is -1.26. The van der Waals surface area contributed by atoms with Crippen LogP contribution < -0.4 is 15.8 Å². The predicted molar refractivity (Wildman–Crippen MR) is 86.8 cm³/mol. The van der Waals surface area contributed by atoms with Crippen molar-refractivity contribution < 1.29 is 9.53 Å². The molecule has 0 aromatic heterocycles. The Morgan fingerprint density at radius 1 is 1.38 bits per heavy atom. The van der Waals surface area contributed by atoms with E-state index in [9.17, 15) is 4.79 Å². The van der Waals surface area contributed by atoms with Crippen LogP contribution in [0.25, 0.3) is 0 Å². The highest BCUT2D eigenvalue weighted by molar-refractivity contribution is 6.31. The van der Waals surface area contributed by atoms with Crippen LogP contribution in [0.2, 0.25) is 5.02 Å². The molecule has 0 saturated carbocycles. The van der Waals surface area contributed by atoms with Crippen molar-refractivity contribution in [3.8, 4) is 5.75 Å². The number of hydrogen-bond donors (Lipinski definition) is 2. The summed E-state index contributed by atoms with van der Waals surface area (Å²) < 4.78 is 5.75. The molecular formula is C16H25ClN2O2. The lowest BCUT2D eigenvalue weighted by Gasteiger charge is -2.18. The van der Waals surface area contributed by atoms with Gasteiger partial charge >= 0.3 is 0 Å². The smallest absolute Gasteiger partial charge is 0.260 e. The van der Waals surface area contributed by atoms with E-state index in [-0.39, 0.29) is 5.91 Å². The van der Waals surface area contributed by atoms with E-state index in [2.05, 4.69) is 19.2 Å². The first kappa shape index (κ1) is 17.8. The van der Waals surface area contributed by atoms with Gasteiger partial charge in [0.05, 0.1) is 0 Å². The van der Waals surface area contributed by atoms with E-state index in [1.807, 2.05) is 6.07 Å². The van der Waals surface area contributed by atoms with Crippen LogP contribution in [0.15, 0.2) is 18.2 Å². The lowest BCUT2D eigenvalue weighted by molar-refractivity contribution is -0.127. The highest BCUT2D eigenvalue weighted by Crippen LogP contribution is 2.27. The zero-order valence-corrected chi connectivity index (χ0v) is 13.7. The predicted octanol–water partition coefficient (Wildman–Crippen LogP) is 2.77. The fourth-order valence-corrected chi connectivity index (χ4v) is 2.17. The third kappa shape index (κ3) is 5.94. The van der Waals surface area contributed by atoms with Gasteiger partial charge in [-0.25, -0.2) is 0 Å². The molecule has 1 unspecified atom stereocenters. The molecule has 1 aromatic carbocycles. The SMILES string of the molecule is CC(C)CCNC(=O)C(C)Oc1cccc(Cl)c1CCN. The molecule has 0 saturated heterocycles. The zero-order chi connectivity index (χ0) is 15.8. The first-order valence-electron chi connectivity index (χ1n) is 7.37. The van der Waals surface area contributed by atoms with Crippen molar-refractivity contribution >= 4 is 17.5 Å². The molecule has 1 rings (SSSR count). The quantitative estimate of drug-likeness (QED) is 0.776. The van der Waals surface area contributed by atoms with Gasteiger partial charge in [0.1, 0.15) is 5.75 Å². The second kappa shape index (κ2) is 8.90. The van der Waals surface area contributed by atoms with Gasteiger partial charge in [-0.15, -0.1) is 0 Å². The topological polar surface area (TPSA) is 64.3 Å². The average Bonchev–Trinajstić information content (AvgIpc) is 2.42. The van der Waals surface area contributed by atoms with E-state index in [1.165, 1.54) is 0 Å². The van der Waals surface area contributed by atoms with Crippen LogP contribution in [0.3, 0.4) is 0 Å². The molecular weight excluding hydrogens is 288 g/mol. The Balaban J connectivity index is 2.63. The molecule has 0 heterocycles. The van der Waals surface area contributed by atoms with Gasteiger partial charge in [-0.1, -0.05) is 31.5 Å². The molecule has 21 heavy (non-hydrogen) atoms. The summed E-state index contributed by atoms with van der Waals surface area (Å²) in [6.45, 7) is 7.12. The minimum absolute atomic E-state index is 0.116. The van der Waals surface area contributed by atoms with Gasteiger partial charge < -0.3 is 15.8 Å². The summed E-state index contributed by atoms with van der Waals surface area (Å²) in [5, 5.41) is 3.49. The second-order valence-corrected chi connectivity index (χ2v) is 5.90. The largest absolute Gasteiger partial charge is 0.481 e. The van der Waals surface area contributed by atoms with E-state index >= 15 is 0 Å². The fourth-order valence-electron chi connectivity index (χ4n) is 1.91. The lowest BCUT2D eigenvalue weighted by atomic mass is 10.1. The minimum Gasteiger partial charge on any atom is -0.481 e. The number of halogens is 1. The third-order valence-corrected chi connectivity index (χ3v) is 3.52. The van der Waals surface area contributed by atoms with Crippen LogP contribution in [0, 0.1) is 5.92 Å². The van der Waals surface area contributed by atoms with E-state index in [1.54, 1.807) is 19.1 Å². The van der Waals surface area contributed by atoms with Gasteiger partial charge in [0, 0.05) is 17.1 Å². The first-order chi connectivity index (χ1) is 9.95. The number of amides is 1. The summed E-state index contributed by atoms with van der Waals surface area (Å²) in [5.41, 5.74) is 6.44. The maximum Gasteiger partial charge on any atom is 0.260 e. The van der Waals surface area contributed by atoms with Crippen molar-refractivity contribution in [1.82, 2.24) is 5.32 Å². The summed E-state index contributed by atoms with van der Waals surface area (Å²) in [7, 11) is 0. The van der Waals surface area contributed by atoms with Gasteiger partial charge in [-0.3, -0.25) is 4.79 Å². The Kier molecular flexibility index (Phi) is 7.54. The van der Waals surface area contributed by atoms with Crippen molar-refractivity contribution in [3.05, 3.63) is 28.8 Å². The van der Waals surface area contributed by atoms with Crippen LogP contribution in [-0.4, -0.2) is 25.1 Å². The van der Waals surface area contributed by atoms with Crippen LogP contribution in [0.1, 0.15) is 32.8 Å². The molecule has 0 fully saturated rings. The maximum atomic E-state index is 12.0. The van der Waals surface area contributed by atoms with Crippen LogP contribution >= 0.6 is 11.6 Å². The number of carbonyl (C=O) groups excluding carboxylic acids is 1. The van der Waals surface area contributed by atoms with Gasteiger partial charge in [0.15, 0.2) is 6.10 Å². The molecule has 0 aliphatic heterocycles. The Labute approximate surface area is 132 Å². The van der Waals surface area contributed by atoms with Gasteiger partial charge in [-0.2, -0.15) is 0 Å². The van der Waals surface area contributed by atoms with Gasteiger partial charge in [0.25, 0.3) is 5.91 Å². The summed E-state index contributed by atoms with van der Waals surface area (Å²) in [6.07, 6.45) is 1.01. The molecule has 0 aliphatic rings. The molecule has 0 radical (unpaired) electrons. The first-order valence-corrected chi connectivity index (χ1v) is 7.75. The molecule has 5 heteroatoms. The molecule has 1 atom stereocenters. The number of ether oxygens (including phenoxy) is 1. The normalized spacial score (nSPS) is 12.3. The number of nitrogens with two attached hydrogens (primary N) is 1. The summed E-state index contributed by atoms with van der Waals surface area (Å²) in [5.74, 6) is 1.07. The van der Waals surface area contributed by atoms with E-state index in [0.29, 0.717) is 36.2 Å². The Morgan fingerprint density at radius 2 is 2.10 bits per heavy atom.